The summed E-state index contributed by atoms with van der Waals surface area (Å²) in [5.74, 6) is 0.176. The van der Waals surface area contributed by atoms with Crippen LogP contribution < -0.4 is 0 Å². The maximum absolute atomic E-state index is 12.0. The highest BCUT2D eigenvalue weighted by Gasteiger charge is 2.28. The number of hydrogen-bond acceptors (Lipinski definition) is 1. The van der Waals surface area contributed by atoms with E-state index in [1.807, 2.05) is 0 Å². The lowest BCUT2D eigenvalue weighted by molar-refractivity contribution is -0.136. The third kappa shape index (κ3) is 4.87. The summed E-state index contributed by atoms with van der Waals surface area (Å²) in [4.78, 5) is 0. The molecule has 1 aliphatic rings. The van der Waals surface area contributed by atoms with Crippen molar-refractivity contribution in [2.24, 2.45) is 11.8 Å². The van der Waals surface area contributed by atoms with E-state index in [-0.39, 0.29) is 12.3 Å². The van der Waals surface area contributed by atoms with Crippen LogP contribution in [0.2, 0.25) is 0 Å². The van der Waals surface area contributed by atoms with Crippen molar-refractivity contribution >= 4 is 0 Å². The zero-order chi connectivity index (χ0) is 12.0. The molecule has 1 saturated carbocycles. The molecule has 1 atom stereocenters. The van der Waals surface area contributed by atoms with Crippen molar-refractivity contribution in [3.05, 3.63) is 0 Å². The maximum Gasteiger partial charge on any atom is 0.389 e. The highest BCUT2D eigenvalue weighted by molar-refractivity contribution is 4.89. The minimum Gasteiger partial charge on any atom is -0.198 e. The molecule has 1 aliphatic carbocycles. The normalized spacial score (nSPS) is 20.4. The van der Waals surface area contributed by atoms with Gasteiger partial charge in [-0.15, -0.1) is 0 Å². The fraction of sp³-hybridized carbons (Fsp3) is 0.917. The van der Waals surface area contributed by atoms with Crippen molar-refractivity contribution in [3.8, 4) is 6.07 Å². The third-order valence-electron chi connectivity index (χ3n) is 3.36. The predicted molar refractivity (Wildman–Crippen MR) is 55.6 cm³/mol. The predicted octanol–water partition coefficient (Wildman–Crippen LogP) is 4.44. The molecule has 0 bridgehead atoms. The van der Waals surface area contributed by atoms with Crippen LogP contribution in [0.4, 0.5) is 13.2 Å². The molecule has 0 saturated heterocycles. The molecule has 0 amide bonds. The van der Waals surface area contributed by atoms with Gasteiger partial charge in [0.05, 0.1) is 6.07 Å². The van der Waals surface area contributed by atoms with Crippen LogP contribution in [0.3, 0.4) is 0 Å². The van der Waals surface area contributed by atoms with E-state index < -0.39 is 12.6 Å². The summed E-state index contributed by atoms with van der Waals surface area (Å²) < 4.78 is 35.9. The first-order chi connectivity index (χ1) is 7.53. The Morgan fingerprint density at radius 3 is 2.31 bits per heavy atom. The van der Waals surface area contributed by atoms with E-state index in [9.17, 15) is 13.2 Å². The van der Waals surface area contributed by atoms with Crippen LogP contribution in [0.15, 0.2) is 0 Å². The van der Waals surface area contributed by atoms with Gasteiger partial charge in [-0.2, -0.15) is 18.4 Å². The molecule has 92 valence electrons. The lowest BCUT2D eigenvalue weighted by Crippen LogP contribution is -2.17. The molecule has 0 N–H and O–H groups in total. The Hall–Kier alpha value is -0.720. The molecule has 0 aromatic rings. The third-order valence-corrected chi connectivity index (χ3v) is 3.36. The van der Waals surface area contributed by atoms with E-state index in [0.29, 0.717) is 12.3 Å². The molecule has 0 spiro atoms. The van der Waals surface area contributed by atoms with E-state index >= 15 is 0 Å². The Labute approximate surface area is 94.6 Å². The average Bonchev–Trinajstić information content (AvgIpc) is 2.24. The van der Waals surface area contributed by atoms with E-state index in [2.05, 4.69) is 6.07 Å². The first kappa shape index (κ1) is 13.3. The summed E-state index contributed by atoms with van der Waals surface area (Å²) in [6, 6.07) is 2.19. The van der Waals surface area contributed by atoms with Crippen molar-refractivity contribution in [1.29, 1.82) is 5.26 Å². The second-order valence-corrected chi connectivity index (χ2v) is 4.64. The Bertz CT molecular complexity index is 236. The summed E-state index contributed by atoms with van der Waals surface area (Å²) in [5.41, 5.74) is 0. The first-order valence-electron chi connectivity index (χ1n) is 5.99. The van der Waals surface area contributed by atoms with E-state index in [0.717, 1.165) is 25.7 Å². The van der Waals surface area contributed by atoms with Gasteiger partial charge in [0.1, 0.15) is 0 Å². The number of hydrogen-bond donors (Lipinski definition) is 0. The van der Waals surface area contributed by atoms with Crippen molar-refractivity contribution in [1.82, 2.24) is 0 Å². The molecule has 1 fully saturated rings. The van der Waals surface area contributed by atoms with Gasteiger partial charge in [0, 0.05) is 12.3 Å². The smallest absolute Gasteiger partial charge is 0.198 e. The van der Waals surface area contributed by atoms with Gasteiger partial charge in [-0.25, -0.2) is 0 Å². The topological polar surface area (TPSA) is 23.8 Å². The first-order valence-corrected chi connectivity index (χ1v) is 5.99. The van der Waals surface area contributed by atoms with Gasteiger partial charge in [0.2, 0.25) is 0 Å². The van der Waals surface area contributed by atoms with Gasteiger partial charge in [0.15, 0.2) is 0 Å². The standard InChI is InChI=1S/C12H18F3N/c13-12(14,15)8-4-7-11(9-16)10-5-2-1-3-6-10/h10-11H,1-8H2. The summed E-state index contributed by atoms with van der Waals surface area (Å²) in [6.45, 7) is 0. The summed E-state index contributed by atoms with van der Waals surface area (Å²) in [6.07, 6.45) is 1.17. The van der Waals surface area contributed by atoms with Gasteiger partial charge >= 0.3 is 6.18 Å². The Kier molecular flexibility index (Phi) is 5.11. The minimum absolute atomic E-state index is 0.0955. The van der Waals surface area contributed by atoms with Gasteiger partial charge in [-0.3, -0.25) is 0 Å². The van der Waals surface area contributed by atoms with Crippen LogP contribution in [0.25, 0.3) is 0 Å². The number of rotatable bonds is 4. The highest BCUT2D eigenvalue weighted by Crippen LogP contribution is 2.33. The second kappa shape index (κ2) is 6.12. The maximum atomic E-state index is 12.0. The number of alkyl halides is 3. The Morgan fingerprint density at radius 2 is 1.81 bits per heavy atom. The summed E-state index contributed by atoms with van der Waals surface area (Å²) in [7, 11) is 0. The molecule has 4 heteroatoms. The molecule has 16 heavy (non-hydrogen) atoms. The molecular weight excluding hydrogens is 215 g/mol. The van der Waals surface area contributed by atoms with Crippen molar-refractivity contribution in [2.45, 2.75) is 57.5 Å². The van der Waals surface area contributed by atoms with Crippen LogP contribution in [-0.2, 0) is 0 Å². The van der Waals surface area contributed by atoms with E-state index in [4.69, 9.17) is 5.26 Å². The van der Waals surface area contributed by atoms with Crippen LogP contribution in [0.5, 0.6) is 0 Å². The van der Waals surface area contributed by atoms with Crippen LogP contribution in [0, 0.1) is 23.2 Å². The zero-order valence-corrected chi connectivity index (χ0v) is 9.39. The molecule has 0 heterocycles. The molecule has 1 nitrogen and oxygen atoms in total. The van der Waals surface area contributed by atoms with Gasteiger partial charge < -0.3 is 0 Å². The Balaban J connectivity index is 2.29. The molecule has 1 rings (SSSR count). The van der Waals surface area contributed by atoms with Crippen molar-refractivity contribution in [3.63, 3.8) is 0 Å². The molecule has 1 unspecified atom stereocenters. The van der Waals surface area contributed by atoms with Crippen molar-refractivity contribution < 1.29 is 13.2 Å². The molecular formula is C12H18F3N. The molecule has 0 radical (unpaired) electrons. The van der Waals surface area contributed by atoms with Crippen molar-refractivity contribution in [2.75, 3.05) is 0 Å². The number of halogens is 3. The van der Waals surface area contributed by atoms with E-state index in [1.165, 1.54) is 6.42 Å². The van der Waals surface area contributed by atoms with Crippen LogP contribution in [0.1, 0.15) is 51.4 Å². The average molecular weight is 233 g/mol. The van der Waals surface area contributed by atoms with Gasteiger partial charge in [-0.05, 0) is 31.6 Å². The SMILES string of the molecule is N#CC(CCCC(F)(F)F)C1CCCCC1. The van der Waals surface area contributed by atoms with Gasteiger partial charge in [-0.1, -0.05) is 19.3 Å². The lowest BCUT2D eigenvalue weighted by Gasteiger charge is -2.25. The number of nitriles is 1. The Morgan fingerprint density at radius 1 is 1.19 bits per heavy atom. The van der Waals surface area contributed by atoms with Gasteiger partial charge in [0.25, 0.3) is 0 Å². The fourth-order valence-corrected chi connectivity index (χ4v) is 2.46. The van der Waals surface area contributed by atoms with Crippen LogP contribution in [-0.4, -0.2) is 6.18 Å². The molecule has 0 aliphatic heterocycles. The molecule has 0 aromatic carbocycles. The summed E-state index contributed by atoms with van der Waals surface area (Å²) in [5, 5.41) is 8.98. The second-order valence-electron chi connectivity index (χ2n) is 4.64. The number of nitrogens with zero attached hydrogens (tertiary/aromatic N) is 1. The molecule has 0 aromatic heterocycles. The summed E-state index contributed by atoms with van der Waals surface area (Å²) >= 11 is 0. The zero-order valence-electron chi connectivity index (χ0n) is 9.39. The quantitative estimate of drug-likeness (QED) is 0.704. The fourth-order valence-electron chi connectivity index (χ4n) is 2.46. The minimum atomic E-state index is -4.08. The highest BCUT2D eigenvalue weighted by atomic mass is 19.4. The van der Waals surface area contributed by atoms with E-state index in [1.54, 1.807) is 0 Å². The van der Waals surface area contributed by atoms with Crippen LogP contribution >= 0.6 is 0 Å². The lowest BCUT2D eigenvalue weighted by atomic mass is 9.78. The largest absolute Gasteiger partial charge is 0.389 e. The monoisotopic (exact) mass is 233 g/mol.